The van der Waals surface area contributed by atoms with Crippen molar-refractivity contribution in [1.82, 2.24) is 9.88 Å². The number of amides is 1. The fraction of sp³-hybridized carbons (Fsp3) is 0.125. The van der Waals surface area contributed by atoms with Gasteiger partial charge >= 0.3 is 0 Å². The highest BCUT2D eigenvalue weighted by Crippen LogP contribution is 2.40. The van der Waals surface area contributed by atoms with Gasteiger partial charge in [-0.2, -0.15) is 0 Å². The number of ketones is 1. The number of benzene rings is 1. The highest BCUT2D eigenvalue weighted by atomic mass is 16.5. The van der Waals surface area contributed by atoms with E-state index in [4.69, 9.17) is 9.15 Å². The standard InChI is InChI=1S/C24H20N2O5/c1-2-12-30-18-9-7-16(8-10-18)22(27)20-21(17-5-3-11-25-14-17)26(24(29)23(20)28)15-19-6-4-13-31-19/h2-11,13-14,21,27H,1,12,15H2/t21-/m0/s1. The van der Waals surface area contributed by atoms with E-state index in [0.717, 1.165) is 0 Å². The van der Waals surface area contributed by atoms with Crippen molar-refractivity contribution in [2.45, 2.75) is 12.6 Å². The molecule has 1 aliphatic rings. The fourth-order valence-corrected chi connectivity index (χ4v) is 3.52. The Morgan fingerprint density at radius 1 is 1.19 bits per heavy atom. The van der Waals surface area contributed by atoms with Crippen LogP contribution in [0.25, 0.3) is 5.76 Å². The number of ether oxygens (including phenoxy) is 1. The molecule has 0 saturated carbocycles. The van der Waals surface area contributed by atoms with Crippen molar-refractivity contribution < 1.29 is 23.8 Å². The van der Waals surface area contributed by atoms with Gasteiger partial charge < -0.3 is 19.2 Å². The van der Waals surface area contributed by atoms with Gasteiger partial charge in [0.25, 0.3) is 11.7 Å². The van der Waals surface area contributed by atoms with Gasteiger partial charge in [-0.3, -0.25) is 14.6 Å². The van der Waals surface area contributed by atoms with Crippen LogP contribution in [0.3, 0.4) is 0 Å². The van der Waals surface area contributed by atoms with Crippen LogP contribution < -0.4 is 4.74 Å². The smallest absolute Gasteiger partial charge is 0.296 e. The van der Waals surface area contributed by atoms with E-state index in [2.05, 4.69) is 11.6 Å². The van der Waals surface area contributed by atoms with Crippen LogP contribution in [-0.4, -0.2) is 33.3 Å². The molecule has 31 heavy (non-hydrogen) atoms. The molecule has 1 atom stereocenters. The Kier molecular flexibility index (Phi) is 5.66. The van der Waals surface area contributed by atoms with Gasteiger partial charge in [0.05, 0.1) is 24.4 Å². The maximum atomic E-state index is 13.0. The number of aromatic nitrogens is 1. The molecule has 1 N–H and O–H groups in total. The number of furan rings is 1. The van der Waals surface area contributed by atoms with E-state index in [-0.39, 0.29) is 17.9 Å². The zero-order valence-electron chi connectivity index (χ0n) is 16.6. The van der Waals surface area contributed by atoms with Gasteiger partial charge in [-0.15, -0.1) is 0 Å². The van der Waals surface area contributed by atoms with Crippen molar-refractivity contribution in [2.24, 2.45) is 0 Å². The van der Waals surface area contributed by atoms with Crippen molar-refractivity contribution in [1.29, 1.82) is 0 Å². The number of carbonyl (C=O) groups is 2. The summed E-state index contributed by atoms with van der Waals surface area (Å²) in [5.41, 5.74) is 1.01. The quantitative estimate of drug-likeness (QED) is 0.272. The van der Waals surface area contributed by atoms with E-state index in [1.54, 1.807) is 67.0 Å². The molecule has 1 aliphatic heterocycles. The molecule has 4 rings (SSSR count). The van der Waals surface area contributed by atoms with Gasteiger partial charge in [-0.25, -0.2) is 0 Å². The lowest BCUT2D eigenvalue weighted by molar-refractivity contribution is -0.140. The average Bonchev–Trinajstić information content (AvgIpc) is 3.40. The minimum Gasteiger partial charge on any atom is -0.507 e. The minimum atomic E-state index is -0.796. The van der Waals surface area contributed by atoms with Crippen molar-refractivity contribution in [3.63, 3.8) is 0 Å². The summed E-state index contributed by atoms with van der Waals surface area (Å²) in [5.74, 6) is -0.606. The van der Waals surface area contributed by atoms with Gasteiger partial charge in [-0.1, -0.05) is 18.7 Å². The maximum Gasteiger partial charge on any atom is 0.296 e. The number of hydrogen-bond donors (Lipinski definition) is 1. The zero-order valence-corrected chi connectivity index (χ0v) is 16.6. The van der Waals surface area contributed by atoms with E-state index in [1.807, 2.05) is 0 Å². The fourth-order valence-electron chi connectivity index (χ4n) is 3.52. The zero-order chi connectivity index (χ0) is 21.8. The van der Waals surface area contributed by atoms with E-state index < -0.39 is 17.7 Å². The molecule has 0 radical (unpaired) electrons. The molecule has 7 heteroatoms. The molecular formula is C24H20N2O5. The molecule has 0 spiro atoms. The van der Waals surface area contributed by atoms with Crippen LogP contribution >= 0.6 is 0 Å². The SMILES string of the molecule is C=CCOc1ccc(C(O)=C2C(=O)C(=O)N(Cc3ccco3)[C@H]2c2cccnc2)cc1. The Labute approximate surface area is 178 Å². The molecule has 1 saturated heterocycles. The predicted octanol–water partition coefficient (Wildman–Crippen LogP) is 3.86. The minimum absolute atomic E-state index is 0.00400. The van der Waals surface area contributed by atoms with Crippen LogP contribution in [0, 0.1) is 0 Å². The van der Waals surface area contributed by atoms with Crippen molar-refractivity contribution in [3.8, 4) is 5.75 Å². The van der Waals surface area contributed by atoms with Crippen molar-refractivity contribution in [2.75, 3.05) is 6.61 Å². The first kappa shape index (κ1) is 20.2. The Bertz CT molecular complexity index is 1120. The van der Waals surface area contributed by atoms with Gasteiger partial charge in [0, 0.05) is 18.0 Å². The van der Waals surface area contributed by atoms with Crippen LogP contribution in [0.15, 0.2) is 89.8 Å². The third kappa shape index (κ3) is 3.98. The Hall–Kier alpha value is -4.13. The van der Waals surface area contributed by atoms with Crippen LogP contribution in [-0.2, 0) is 16.1 Å². The van der Waals surface area contributed by atoms with E-state index >= 15 is 0 Å². The summed E-state index contributed by atoms with van der Waals surface area (Å²) in [6, 6.07) is 12.7. The first-order chi connectivity index (χ1) is 15.1. The monoisotopic (exact) mass is 416 g/mol. The number of hydrogen-bond acceptors (Lipinski definition) is 6. The topological polar surface area (TPSA) is 92.9 Å². The molecule has 0 unspecified atom stereocenters. The summed E-state index contributed by atoms with van der Waals surface area (Å²) in [7, 11) is 0. The second-order valence-electron chi connectivity index (χ2n) is 6.92. The third-order valence-electron chi connectivity index (χ3n) is 4.94. The number of pyridine rings is 1. The lowest BCUT2D eigenvalue weighted by atomic mass is 9.96. The third-order valence-corrected chi connectivity index (χ3v) is 4.94. The molecule has 7 nitrogen and oxygen atoms in total. The summed E-state index contributed by atoms with van der Waals surface area (Å²) >= 11 is 0. The molecule has 1 amide bonds. The Balaban J connectivity index is 1.77. The second-order valence-corrected chi connectivity index (χ2v) is 6.92. The average molecular weight is 416 g/mol. The predicted molar refractivity (Wildman–Crippen MR) is 113 cm³/mol. The summed E-state index contributed by atoms with van der Waals surface area (Å²) in [6.07, 6.45) is 6.30. The highest BCUT2D eigenvalue weighted by Gasteiger charge is 2.46. The number of aliphatic hydroxyl groups is 1. The molecule has 0 aliphatic carbocycles. The normalized spacial score (nSPS) is 17.7. The molecule has 0 bridgehead atoms. The first-order valence-corrected chi connectivity index (χ1v) is 9.65. The molecule has 1 aromatic carbocycles. The van der Waals surface area contributed by atoms with Gasteiger partial charge in [0.2, 0.25) is 0 Å². The summed E-state index contributed by atoms with van der Waals surface area (Å²) in [5, 5.41) is 11.0. The van der Waals surface area contributed by atoms with E-state index in [1.165, 1.54) is 11.2 Å². The van der Waals surface area contributed by atoms with Gasteiger partial charge in [0.1, 0.15) is 23.9 Å². The lowest BCUT2D eigenvalue weighted by Crippen LogP contribution is -2.29. The largest absolute Gasteiger partial charge is 0.507 e. The Morgan fingerprint density at radius 2 is 2.00 bits per heavy atom. The molecule has 1 fully saturated rings. The van der Waals surface area contributed by atoms with Gasteiger partial charge in [-0.05, 0) is 48.0 Å². The molecule has 3 aromatic rings. The Morgan fingerprint density at radius 3 is 2.65 bits per heavy atom. The maximum absolute atomic E-state index is 13.0. The number of carbonyl (C=O) groups excluding carboxylic acids is 2. The number of Topliss-reactive ketones (excluding diaryl/α,β-unsaturated/α-hetero) is 1. The van der Waals surface area contributed by atoms with E-state index in [9.17, 15) is 14.7 Å². The number of rotatable bonds is 7. The van der Waals surface area contributed by atoms with Crippen molar-refractivity contribution in [3.05, 3.63) is 102 Å². The summed E-state index contributed by atoms with van der Waals surface area (Å²) in [6.45, 7) is 4.04. The molecule has 2 aromatic heterocycles. The number of aliphatic hydroxyl groups excluding tert-OH is 1. The molecule has 156 valence electrons. The van der Waals surface area contributed by atoms with Crippen LogP contribution in [0.2, 0.25) is 0 Å². The van der Waals surface area contributed by atoms with Gasteiger partial charge in [0.15, 0.2) is 0 Å². The number of nitrogens with zero attached hydrogens (tertiary/aromatic N) is 2. The van der Waals surface area contributed by atoms with Crippen molar-refractivity contribution >= 4 is 17.4 Å². The van der Waals surface area contributed by atoms with E-state index in [0.29, 0.717) is 29.2 Å². The molecular weight excluding hydrogens is 396 g/mol. The second kappa shape index (κ2) is 8.71. The molecule has 3 heterocycles. The first-order valence-electron chi connectivity index (χ1n) is 9.65. The van der Waals surface area contributed by atoms with Crippen LogP contribution in [0.4, 0.5) is 0 Å². The highest BCUT2D eigenvalue weighted by molar-refractivity contribution is 6.46. The number of likely N-dealkylation sites (tertiary alicyclic amines) is 1. The lowest BCUT2D eigenvalue weighted by Gasteiger charge is -2.24. The summed E-state index contributed by atoms with van der Waals surface area (Å²) < 4.78 is 10.8. The van der Waals surface area contributed by atoms with Crippen LogP contribution in [0.5, 0.6) is 5.75 Å². The summed E-state index contributed by atoms with van der Waals surface area (Å²) in [4.78, 5) is 31.3. The van der Waals surface area contributed by atoms with Crippen LogP contribution in [0.1, 0.15) is 22.9 Å².